The number of benzene rings is 1. The van der Waals surface area contributed by atoms with Crippen molar-refractivity contribution in [2.75, 3.05) is 0 Å². The van der Waals surface area contributed by atoms with E-state index >= 15 is 0 Å². The Morgan fingerprint density at radius 1 is 1.58 bits per heavy atom. The average molecular weight is 245 g/mol. The van der Waals surface area contributed by atoms with Crippen molar-refractivity contribution >= 4 is 27.5 Å². The fraction of sp³-hybridized carbons (Fsp3) is 0.222. The van der Waals surface area contributed by atoms with Crippen molar-refractivity contribution in [3.8, 4) is 6.07 Å². The molecule has 12 heavy (non-hydrogen) atoms. The Hall–Kier alpha value is -0.520. The Morgan fingerprint density at radius 2 is 2.25 bits per heavy atom. The molecule has 62 valence electrons. The van der Waals surface area contributed by atoms with E-state index in [-0.39, 0.29) is 0 Å². The van der Waals surface area contributed by atoms with Crippen LogP contribution in [0.15, 0.2) is 16.6 Å². The lowest BCUT2D eigenvalue weighted by atomic mass is 10.1. The van der Waals surface area contributed by atoms with E-state index in [0.717, 1.165) is 15.6 Å². The summed E-state index contributed by atoms with van der Waals surface area (Å²) in [5.41, 5.74) is 2.07. The summed E-state index contributed by atoms with van der Waals surface area (Å²) in [6, 6.07) is 5.79. The molecule has 0 radical (unpaired) electrons. The molecule has 0 bridgehead atoms. The van der Waals surface area contributed by atoms with Gasteiger partial charge in [-0.15, -0.1) is 0 Å². The predicted octanol–water partition coefficient (Wildman–Crippen LogP) is 3.48. The Morgan fingerprint density at radius 3 is 2.83 bits per heavy atom. The van der Waals surface area contributed by atoms with Crippen LogP contribution in [0.5, 0.6) is 0 Å². The van der Waals surface area contributed by atoms with Crippen molar-refractivity contribution in [3.63, 3.8) is 0 Å². The van der Waals surface area contributed by atoms with Gasteiger partial charge < -0.3 is 0 Å². The van der Waals surface area contributed by atoms with Crippen LogP contribution in [0.1, 0.15) is 11.1 Å². The quantitative estimate of drug-likeness (QED) is 0.742. The molecule has 1 nitrogen and oxygen atoms in total. The van der Waals surface area contributed by atoms with E-state index in [9.17, 15) is 0 Å². The highest BCUT2D eigenvalue weighted by atomic mass is 79.9. The molecule has 0 aliphatic rings. The molecule has 0 saturated carbocycles. The van der Waals surface area contributed by atoms with Crippen molar-refractivity contribution in [1.82, 2.24) is 0 Å². The van der Waals surface area contributed by atoms with E-state index in [2.05, 4.69) is 22.0 Å². The first-order chi connectivity index (χ1) is 5.66. The molecular formula is C9H7BrClN. The lowest BCUT2D eigenvalue weighted by Gasteiger charge is -2.04. The maximum absolute atomic E-state index is 8.51. The van der Waals surface area contributed by atoms with Gasteiger partial charge in [-0.3, -0.25) is 0 Å². The van der Waals surface area contributed by atoms with E-state index in [0.29, 0.717) is 11.4 Å². The molecule has 0 amide bonds. The molecule has 0 aromatic heterocycles. The highest BCUT2D eigenvalue weighted by Crippen LogP contribution is 2.28. The number of nitrogens with zero attached hydrogens (tertiary/aromatic N) is 1. The molecule has 1 aromatic carbocycles. The van der Waals surface area contributed by atoms with E-state index in [1.165, 1.54) is 0 Å². The molecule has 1 aromatic rings. The van der Waals surface area contributed by atoms with Crippen LogP contribution in [0, 0.1) is 18.3 Å². The summed E-state index contributed by atoms with van der Waals surface area (Å²) in [5, 5.41) is 9.20. The molecule has 0 saturated heterocycles. The van der Waals surface area contributed by atoms with Gasteiger partial charge in [0.1, 0.15) is 0 Å². The Balaban J connectivity index is 3.19. The van der Waals surface area contributed by atoms with Gasteiger partial charge in [-0.05, 0) is 40.0 Å². The number of hydrogen-bond donors (Lipinski definition) is 0. The van der Waals surface area contributed by atoms with Crippen molar-refractivity contribution in [2.24, 2.45) is 0 Å². The molecule has 0 spiro atoms. The van der Waals surface area contributed by atoms with Gasteiger partial charge in [0.05, 0.1) is 17.5 Å². The molecule has 0 N–H and O–H groups in total. The summed E-state index contributed by atoms with van der Waals surface area (Å²) >= 11 is 9.21. The predicted molar refractivity (Wildman–Crippen MR) is 53.2 cm³/mol. The van der Waals surface area contributed by atoms with E-state index < -0.39 is 0 Å². The Kier molecular flexibility index (Phi) is 3.13. The molecule has 0 heterocycles. The van der Waals surface area contributed by atoms with Crippen LogP contribution in [-0.2, 0) is 6.42 Å². The molecule has 0 aliphatic carbocycles. The SMILES string of the molecule is Cc1c(CC#N)ccc(Cl)c1Br. The third-order valence-electron chi connectivity index (χ3n) is 1.72. The lowest BCUT2D eigenvalue weighted by Crippen LogP contribution is -1.88. The first-order valence-electron chi connectivity index (χ1n) is 3.47. The van der Waals surface area contributed by atoms with E-state index in [1.807, 2.05) is 13.0 Å². The number of rotatable bonds is 1. The molecule has 0 unspecified atom stereocenters. The monoisotopic (exact) mass is 243 g/mol. The standard InChI is InChI=1S/C9H7BrClN/c1-6-7(4-5-12)2-3-8(11)9(6)10/h2-3H,4H2,1H3. The Labute approximate surface area is 85.1 Å². The number of halogens is 2. The summed E-state index contributed by atoms with van der Waals surface area (Å²) in [6.07, 6.45) is 0.432. The second kappa shape index (κ2) is 3.93. The molecular weight excluding hydrogens is 237 g/mol. The van der Waals surface area contributed by atoms with Gasteiger partial charge in [-0.25, -0.2) is 0 Å². The zero-order valence-electron chi connectivity index (χ0n) is 6.56. The maximum atomic E-state index is 8.51. The minimum absolute atomic E-state index is 0.432. The largest absolute Gasteiger partial charge is 0.198 e. The summed E-state index contributed by atoms with van der Waals surface area (Å²) in [7, 11) is 0. The zero-order valence-corrected chi connectivity index (χ0v) is 8.91. The van der Waals surface area contributed by atoms with Crippen LogP contribution in [0.3, 0.4) is 0 Å². The van der Waals surface area contributed by atoms with E-state index in [4.69, 9.17) is 16.9 Å². The second-order valence-corrected chi connectivity index (χ2v) is 3.68. The lowest BCUT2D eigenvalue weighted by molar-refractivity contribution is 1.20. The summed E-state index contributed by atoms with van der Waals surface area (Å²) in [6.45, 7) is 1.95. The van der Waals surface area contributed by atoms with Crippen molar-refractivity contribution in [2.45, 2.75) is 13.3 Å². The van der Waals surface area contributed by atoms with Crippen molar-refractivity contribution < 1.29 is 0 Å². The van der Waals surface area contributed by atoms with Gasteiger partial charge >= 0.3 is 0 Å². The van der Waals surface area contributed by atoms with Crippen molar-refractivity contribution in [3.05, 3.63) is 32.8 Å². The summed E-state index contributed by atoms with van der Waals surface area (Å²) in [4.78, 5) is 0. The highest BCUT2D eigenvalue weighted by molar-refractivity contribution is 9.10. The average Bonchev–Trinajstić information content (AvgIpc) is 2.07. The van der Waals surface area contributed by atoms with Crippen LogP contribution in [0.25, 0.3) is 0 Å². The fourth-order valence-electron chi connectivity index (χ4n) is 0.969. The smallest absolute Gasteiger partial charge is 0.0669 e. The second-order valence-electron chi connectivity index (χ2n) is 2.48. The van der Waals surface area contributed by atoms with Gasteiger partial charge in [-0.1, -0.05) is 17.7 Å². The summed E-state index contributed by atoms with van der Waals surface area (Å²) < 4.78 is 0.886. The molecule has 1 rings (SSSR count). The first-order valence-corrected chi connectivity index (χ1v) is 4.64. The maximum Gasteiger partial charge on any atom is 0.0669 e. The molecule has 3 heteroatoms. The van der Waals surface area contributed by atoms with E-state index in [1.54, 1.807) is 6.07 Å². The van der Waals surface area contributed by atoms with Crippen molar-refractivity contribution in [1.29, 1.82) is 5.26 Å². The van der Waals surface area contributed by atoms with Gasteiger partial charge in [0, 0.05) is 4.47 Å². The highest BCUT2D eigenvalue weighted by Gasteiger charge is 2.04. The number of hydrogen-bond acceptors (Lipinski definition) is 1. The Bertz CT molecular complexity index is 341. The van der Waals surface area contributed by atoms with Crippen LogP contribution in [0.2, 0.25) is 5.02 Å². The first kappa shape index (κ1) is 9.57. The fourth-order valence-corrected chi connectivity index (χ4v) is 1.56. The molecule has 0 fully saturated rings. The van der Waals surface area contributed by atoms with Gasteiger partial charge in [0.2, 0.25) is 0 Å². The van der Waals surface area contributed by atoms with Crippen LogP contribution in [-0.4, -0.2) is 0 Å². The molecule has 0 aliphatic heterocycles. The summed E-state index contributed by atoms with van der Waals surface area (Å²) in [5.74, 6) is 0. The normalized spacial score (nSPS) is 9.50. The van der Waals surface area contributed by atoms with Gasteiger partial charge in [0.15, 0.2) is 0 Å². The zero-order chi connectivity index (χ0) is 9.14. The van der Waals surface area contributed by atoms with Gasteiger partial charge in [-0.2, -0.15) is 5.26 Å². The van der Waals surface area contributed by atoms with Crippen LogP contribution < -0.4 is 0 Å². The third-order valence-corrected chi connectivity index (χ3v) is 3.29. The van der Waals surface area contributed by atoms with Crippen LogP contribution >= 0.6 is 27.5 Å². The minimum atomic E-state index is 0.432. The topological polar surface area (TPSA) is 23.8 Å². The van der Waals surface area contributed by atoms with Crippen LogP contribution in [0.4, 0.5) is 0 Å². The van der Waals surface area contributed by atoms with Gasteiger partial charge in [0.25, 0.3) is 0 Å². The molecule has 0 atom stereocenters. The number of nitriles is 1. The third kappa shape index (κ3) is 1.80. The minimum Gasteiger partial charge on any atom is -0.198 e.